The summed E-state index contributed by atoms with van der Waals surface area (Å²) < 4.78 is 53.6. The summed E-state index contributed by atoms with van der Waals surface area (Å²) in [7, 11) is -9.70. The normalized spacial score (nSPS) is 17.4. The maximum atomic E-state index is 12.7. The first-order valence-corrected chi connectivity index (χ1v) is 27.7. The number of carbonyl (C=O) groups excluding carboxylic acids is 2. The lowest BCUT2D eigenvalue weighted by molar-refractivity contribution is -0.161. The molecule has 14 nitrogen and oxygen atoms in total. The van der Waals surface area contributed by atoms with Crippen molar-refractivity contribution in [1.82, 2.24) is 0 Å². The summed E-state index contributed by atoms with van der Waals surface area (Å²) in [4.78, 5) is 52.9. The molecule has 16 heteroatoms. The topological polar surface area (TPSA) is 208 Å². The Bertz CT molecular complexity index is 1350. The Morgan fingerprint density at radius 3 is 1.64 bits per heavy atom. The fourth-order valence-electron chi connectivity index (χ4n) is 6.98. The molecule has 5 atom stereocenters. The number of unbranched alkanes of at least 4 members (excludes halogenated alkanes) is 19. The molecule has 0 bridgehead atoms. The zero-order valence-electron chi connectivity index (χ0n) is 39.7. The predicted molar refractivity (Wildman–Crippen MR) is 252 cm³/mol. The molecule has 0 spiro atoms. The maximum absolute atomic E-state index is 12.7. The zero-order chi connectivity index (χ0) is 47.2. The number of ether oxygens (including phenoxy) is 3. The largest absolute Gasteiger partial charge is 0.472 e. The van der Waals surface area contributed by atoms with Crippen molar-refractivity contribution < 1.29 is 66.3 Å². The Kier molecular flexibility index (Phi) is 37.0. The van der Waals surface area contributed by atoms with E-state index in [2.05, 4.69) is 49.6 Å². The SMILES string of the molecule is CCCCC/C=C\CC1OC1C/C=C\C/C=C\CCCC(=O)O[C@H](COC(=O)CCCCCCCCCCCCCCCCCCC(C)C)COP(=O)(O)OC[C@@H](O)COP(=O)(O)O. The van der Waals surface area contributed by atoms with Crippen molar-refractivity contribution in [2.24, 2.45) is 5.92 Å². The molecule has 0 saturated carbocycles. The molecule has 3 unspecified atom stereocenters. The van der Waals surface area contributed by atoms with Crippen LogP contribution in [-0.2, 0) is 46.5 Å². The zero-order valence-corrected chi connectivity index (χ0v) is 41.5. The lowest BCUT2D eigenvalue weighted by Gasteiger charge is -2.20. The Labute approximate surface area is 386 Å². The van der Waals surface area contributed by atoms with E-state index in [1.807, 2.05) is 12.2 Å². The van der Waals surface area contributed by atoms with Gasteiger partial charge in [-0.2, -0.15) is 0 Å². The summed E-state index contributed by atoms with van der Waals surface area (Å²) in [5.41, 5.74) is 0. The minimum absolute atomic E-state index is 0.0516. The quantitative estimate of drug-likeness (QED) is 0.0147. The van der Waals surface area contributed by atoms with Gasteiger partial charge in [0.15, 0.2) is 6.10 Å². The Morgan fingerprint density at radius 2 is 1.06 bits per heavy atom. The van der Waals surface area contributed by atoms with E-state index in [1.165, 1.54) is 103 Å². The van der Waals surface area contributed by atoms with Crippen LogP contribution in [0.3, 0.4) is 0 Å². The molecule has 1 saturated heterocycles. The summed E-state index contributed by atoms with van der Waals surface area (Å²) >= 11 is 0. The number of hydrogen-bond donors (Lipinski definition) is 4. The molecule has 374 valence electrons. The number of phosphoric acid groups is 2. The molecule has 0 aliphatic carbocycles. The van der Waals surface area contributed by atoms with Gasteiger partial charge in [0.2, 0.25) is 0 Å². The third kappa shape index (κ3) is 40.6. The van der Waals surface area contributed by atoms with Crippen LogP contribution >= 0.6 is 15.6 Å². The summed E-state index contributed by atoms with van der Waals surface area (Å²) in [6, 6.07) is 0. The molecule has 0 aromatic rings. The van der Waals surface area contributed by atoms with Gasteiger partial charge in [0.05, 0.1) is 32.0 Å². The van der Waals surface area contributed by atoms with Gasteiger partial charge in [0.25, 0.3) is 0 Å². The van der Waals surface area contributed by atoms with Gasteiger partial charge >= 0.3 is 27.6 Å². The summed E-state index contributed by atoms with van der Waals surface area (Å²) in [5, 5.41) is 9.77. The first-order chi connectivity index (χ1) is 30.7. The second-order valence-corrected chi connectivity index (χ2v) is 20.3. The summed E-state index contributed by atoms with van der Waals surface area (Å²) in [5.74, 6) is -0.274. The molecule has 0 aromatic carbocycles. The number of rotatable bonds is 45. The number of hydrogen-bond acceptors (Lipinski definition) is 11. The van der Waals surface area contributed by atoms with Crippen molar-refractivity contribution >= 4 is 27.6 Å². The van der Waals surface area contributed by atoms with E-state index in [9.17, 15) is 28.7 Å². The van der Waals surface area contributed by atoms with Gasteiger partial charge in [0, 0.05) is 12.8 Å². The van der Waals surface area contributed by atoms with E-state index >= 15 is 0 Å². The van der Waals surface area contributed by atoms with Crippen molar-refractivity contribution in [2.45, 2.75) is 225 Å². The predicted octanol–water partition coefficient (Wildman–Crippen LogP) is 12.1. The van der Waals surface area contributed by atoms with Crippen molar-refractivity contribution in [2.75, 3.05) is 26.4 Å². The number of carbonyl (C=O) groups is 2. The molecule has 64 heavy (non-hydrogen) atoms. The van der Waals surface area contributed by atoms with Crippen molar-refractivity contribution in [3.63, 3.8) is 0 Å². The number of aliphatic hydroxyl groups excluding tert-OH is 1. The number of epoxide rings is 1. The van der Waals surface area contributed by atoms with Crippen LogP contribution in [0.15, 0.2) is 36.5 Å². The number of aliphatic hydroxyl groups is 1. The van der Waals surface area contributed by atoms with Gasteiger partial charge in [-0.3, -0.25) is 23.2 Å². The average molecular weight is 951 g/mol. The molecular weight excluding hydrogens is 862 g/mol. The molecule has 0 amide bonds. The highest BCUT2D eigenvalue weighted by atomic mass is 31.2. The first-order valence-electron chi connectivity index (χ1n) is 24.7. The van der Waals surface area contributed by atoms with Gasteiger partial charge in [-0.25, -0.2) is 9.13 Å². The van der Waals surface area contributed by atoms with Gasteiger partial charge in [-0.15, -0.1) is 0 Å². The van der Waals surface area contributed by atoms with Gasteiger partial charge in [-0.05, 0) is 57.3 Å². The molecule has 1 heterocycles. The molecule has 4 N–H and O–H groups in total. The fraction of sp³-hybridized carbons (Fsp3) is 0.833. The van der Waals surface area contributed by atoms with E-state index in [0.29, 0.717) is 31.5 Å². The Morgan fingerprint density at radius 1 is 0.578 bits per heavy atom. The second-order valence-electron chi connectivity index (χ2n) is 17.6. The molecule has 1 fully saturated rings. The van der Waals surface area contributed by atoms with Gasteiger partial charge in [0.1, 0.15) is 12.7 Å². The van der Waals surface area contributed by atoms with Crippen LogP contribution in [0.2, 0.25) is 0 Å². The summed E-state index contributed by atoms with van der Waals surface area (Å²) in [6.45, 7) is 4.03. The average Bonchev–Trinajstić information content (AvgIpc) is 4.00. The highest BCUT2D eigenvalue weighted by Gasteiger charge is 2.36. The van der Waals surface area contributed by atoms with E-state index in [-0.39, 0.29) is 12.8 Å². The van der Waals surface area contributed by atoms with Crippen LogP contribution in [0.1, 0.15) is 201 Å². The third-order valence-electron chi connectivity index (χ3n) is 10.9. The van der Waals surface area contributed by atoms with Crippen LogP contribution in [0.4, 0.5) is 0 Å². The summed E-state index contributed by atoms with van der Waals surface area (Å²) in [6.07, 6.45) is 40.3. The Balaban J connectivity index is 2.33. The smallest absolute Gasteiger partial charge is 0.462 e. The van der Waals surface area contributed by atoms with Gasteiger partial charge in [-0.1, -0.05) is 173 Å². The Hall–Kier alpha value is -1.70. The highest BCUT2D eigenvalue weighted by Crippen LogP contribution is 2.44. The highest BCUT2D eigenvalue weighted by molar-refractivity contribution is 7.47. The van der Waals surface area contributed by atoms with E-state index in [4.69, 9.17) is 33.0 Å². The van der Waals surface area contributed by atoms with Crippen molar-refractivity contribution in [3.8, 4) is 0 Å². The van der Waals surface area contributed by atoms with Crippen LogP contribution in [0, 0.1) is 5.92 Å². The molecule has 1 aliphatic rings. The first kappa shape index (κ1) is 60.3. The van der Waals surface area contributed by atoms with E-state index in [1.54, 1.807) is 0 Å². The number of allylic oxidation sites excluding steroid dienone is 4. The number of esters is 2. The van der Waals surface area contributed by atoms with Crippen LogP contribution in [-0.4, -0.2) is 82.6 Å². The lowest BCUT2D eigenvalue weighted by atomic mass is 10.0. The molecule has 1 aliphatic heterocycles. The van der Waals surface area contributed by atoms with Gasteiger partial charge < -0.3 is 34.0 Å². The minimum atomic E-state index is -4.87. The minimum Gasteiger partial charge on any atom is -0.462 e. The standard InChI is InChI=1S/C48H88O14P2/c1-4-5-6-7-24-29-34-45-46(62-45)35-30-25-20-18-22-27-32-37-48(51)61-44(41-60-64(55,56)59-39-43(49)38-58-63(52,53)54)40-57-47(50)36-31-26-21-17-15-13-11-9-8-10-12-14-16-19-23-28-33-42(2)3/h18,22,24-25,29-30,42-46,49H,4-17,19-21,23,26-28,31-41H2,1-3H3,(H,55,56)(H2,52,53,54)/b22-18-,29-24-,30-25-/t43-,44+,45?,46?/m0/s1. The van der Waals surface area contributed by atoms with E-state index in [0.717, 1.165) is 50.9 Å². The number of phosphoric ester groups is 2. The van der Waals surface area contributed by atoms with Crippen LogP contribution in [0.5, 0.6) is 0 Å². The molecular formula is C48H88O14P2. The van der Waals surface area contributed by atoms with Crippen LogP contribution < -0.4 is 0 Å². The molecule has 1 rings (SSSR count). The lowest BCUT2D eigenvalue weighted by Crippen LogP contribution is -2.29. The second kappa shape index (κ2) is 39.3. The van der Waals surface area contributed by atoms with Crippen molar-refractivity contribution in [1.29, 1.82) is 0 Å². The molecule has 0 aromatic heterocycles. The van der Waals surface area contributed by atoms with Crippen molar-refractivity contribution in [3.05, 3.63) is 36.5 Å². The fourth-order valence-corrected chi connectivity index (χ4v) is 8.14. The maximum Gasteiger partial charge on any atom is 0.472 e. The monoisotopic (exact) mass is 951 g/mol. The van der Waals surface area contributed by atoms with Crippen LogP contribution in [0.25, 0.3) is 0 Å². The molecule has 0 radical (unpaired) electrons. The van der Waals surface area contributed by atoms with E-state index < -0.39 is 66.2 Å². The third-order valence-corrected chi connectivity index (χ3v) is 12.3.